The highest BCUT2D eigenvalue weighted by Crippen LogP contribution is 2.27. The zero-order chi connectivity index (χ0) is 27.4. The fourth-order valence-electron chi connectivity index (χ4n) is 3.55. The predicted molar refractivity (Wildman–Crippen MR) is 144 cm³/mol. The number of nitrogens with zero attached hydrogens (tertiary/aromatic N) is 6. The van der Waals surface area contributed by atoms with Crippen molar-refractivity contribution in [1.29, 1.82) is 0 Å². The summed E-state index contributed by atoms with van der Waals surface area (Å²) in [5.74, 6) is 6.01. The van der Waals surface area contributed by atoms with Gasteiger partial charge in [-0.25, -0.2) is 24.7 Å². The van der Waals surface area contributed by atoms with Gasteiger partial charge in [0.15, 0.2) is 5.65 Å². The summed E-state index contributed by atoms with van der Waals surface area (Å²) < 4.78 is 7.22. The average Bonchev–Trinajstić information content (AvgIpc) is 3.27. The lowest BCUT2D eigenvalue weighted by Crippen LogP contribution is -2.45. The van der Waals surface area contributed by atoms with E-state index in [1.165, 1.54) is 18.3 Å². The minimum Gasteiger partial charge on any atom is -0.444 e. The summed E-state index contributed by atoms with van der Waals surface area (Å²) in [6.07, 6.45) is 2.50. The van der Waals surface area contributed by atoms with Gasteiger partial charge in [0.25, 0.3) is 0 Å². The Balaban J connectivity index is 1.70. The SMILES string of the molecule is CC(C(=O)Nc1cc(-c2ncnc3ncn(C)c23)cc(C#Cc2ccccc2)n1)N(C)C(=O)OC(C)(C)C. The summed E-state index contributed by atoms with van der Waals surface area (Å²) in [5.41, 5.74) is 3.16. The fraction of sp³-hybridized carbons (Fsp3) is 0.286. The van der Waals surface area contributed by atoms with Gasteiger partial charge in [0, 0.05) is 25.2 Å². The number of carbonyl (C=O) groups is 2. The smallest absolute Gasteiger partial charge is 0.410 e. The minimum absolute atomic E-state index is 0.267. The van der Waals surface area contributed by atoms with E-state index in [2.05, 4.69) is 37.1 Å². The molecular weight excluding hydrogens is 482 g/mol. The Bertz CT molecular complexity index is 1550. The molecule has 3 aromatic heterocycles. The molecule has 0 radical (unpaired) electrons. The molecule has 2 amide bonds. The van der Waals surface area contributed by atoms with E-state index in [0.717, 1.165) is 11.1 Å². The summed E-state index contributed by atoms with van der Waals surface area (Å²) >= 11 is 0. The number of imidazole rings is 1. The molecule has 4 aromatic rings. The lowest BCUT2D eigenvalue weighted by molar-refractivity contribution is -0.120. The maximum Gasteiger partial charge on any atom is 0.410 e. The van der Waals surface area contributed by atoms with Crippen LogP contribution in [0.4, 0.5) is 10.6 Å². The van der Waals surface area contributed by atoms with Crippen molar-refractivity contribution in [2.45, 2.75) is 39.3 Å². The first-order valence-electron chi connectivity index (χ1n) is 12.0. The quantitative estimate of drug-likeness (QED) is 0.412. The van der Waals surface area contributed by atoms with E-state index in [9.17, 15) is 9.59 Å². The van der Waals surface area contributed by atoms with Crippen molar-refractivity contribution < 1.29 is 14.3 Å². The van der Waals surface area contributed by atoms with Crippen LogP contribution in [0.15, 0.2) is 55.1 Å². The molecule has 0 bridgehead atoms. The number of anilines is 1. The Morgan fingerprint density at radius 2 is 1.82 bits per heavy atom. The van der Waals surface area contributed by atoms with Crippen LogP contribution in [0.1, 0.15) is 39.0 Å². The second kappa shape index (κ2) is 10.7. The van der Waals surface area contributed by atoms with Gasteiger partial charge >= 0.3 is 6.09 Å². The van der Waals surface area contributed by atoms with E-state index in [-0.39, 0.29) is 5.82 Å². The molecule has 0 aliphatic rings. The van der Waals surface area contributed by atoms with Gasteiger partial charge in [-0.05, 0) is 57.9 Å². The van der Waals surface area contributed by atoms with E-state index in [4.69, 9.17) is 4.74 Å². The van der Waals surface area contributed by atoms with Gasteiger partial charge in [0.1, 0.15) is 35.0 Å². The van der Waals surface area contributed by atoms with Crippen LogP contribution in [-0.2, 0) is 16.6 Å². The molecule has 0 aliphatic heterocycles. The molecule has 0 fully saturated rings. The monoisotopic (exact) mass is 511 g/mol. The van der Waals surface area contributed by atoms with Gasteiger partial charge in [-0.15, -0.1) is 0 Å². The Morgan fingerprint density at radius 1 is 1.08 bits per heavy atom. The third-order valence-electron chi connectivity index (χ3n) is 5.61. The van der Waals surface area contributed by atoms with Crippen LogP contribution in [-0.4, -0.2) is 60.1 Å². The highest BCUT2D eigenvalue weighted by Gasteiger charge is 2.27. The highest BCUT2D eigenvalue weighted by atomic mass is 16.6. The van der Waals surface area contributed by atoms with Gasteiger partial charge in [0.2, 0.25) is 5.91 Å². The van der Waals surface area contributed by atoms with Gasteiger partial charge in [0.05, 0.1) is 12.0 Å². The third-order valence-corrected chi connectivity index (χ3v) is 5.61. The Morgan fingerprint density at radius 3 is 2.53 bits per heavy atom. The van der Waals surface area contributed by atoms with Crippen molar-refractivity contribution in [2.75, 3.05) is 12.4 Å². The Labute approximate surface area is 221 Å². The maximum atomic E-state index is 13.1. The molecule has 1 N–H and O–H groups in total. The number of aromatic nitrogens is 5. The van der Waals surface area contributed by atoms with Gasteiger partial charge < -0.3 is 14.6 Å². The number of rotatable bonds is 4. The molecule has 0 aliphatic carbocycles. The molecule has 1 unspecified atom stereocenters. The van der Waals surface area contributed by atoms with Gasteiger partial charge in [-0.1, -0.05) is 24.1 Å². The van der Waals surface area contributed by atoms with Crippen LogP contribution in [0.2, 0.25) is 0 Å². The molecule has 0 spiro atoms. The lowest BCUT2D eigenvalue weighted by atomic mass is 10.1. The molecule has 4 rings (SSSR count). The molecule has 3 heterocycles. The molecule has 10 heteroatoms. The zero-order valence-electron chi connectivity index (χ0n) is 22.2. The minimum atomic E-state index is -0.822. The molecular formula is C28H29N7O3. The van der Waals surface area contributed by atoms with Crippen LogP contribution in [0.25, 0.3) is 22.4 Å². The van der Waals surface area contributed by atoms with E-state index >= 15 is 0 Å². The lowest BCUT2D eigenvalue weighted by Gasteiger charge is -2.28. The van der Waals surface area contributed by atoms with Gasteiger partial charge in [-0.2, -0.15) is 0 Å². The molecule has 0 saturated carbocycles. The van der Waals surface area contributed by atoms with Crippen molar-refractivity contribution in [3.05, 3.63) is 66.4 Å². The van der Waals surface area contributed by atoms with E-state index in [1.54, 1.807) is 46.2 Å². The summed E-state index contributed by atoms with van der Waals surface area (Å²) in [6.45, 7) is 6.92. The number of aryl methyl sites for hydroxylation is 1. The van der Waals surface area contributed by atoms with Crippen LogP contribution >= 0.6 is 0 Å². The third kappa shape index (κ3) is 6.13. The van der Waals surface area contributed by atoms with Crippen molar-refractivity contribution >= 4 is 29.0 Å². The van der Waals surface area contributed by atoms with Crippen LogP contribution in [0.3, 0.4) is 0 Å². The second-order valence-electron chi connectivity index (χ2n) is 9.75. The standard InChI is InChI=1S/C28H29N7O3/c1-18(35(6)27(37)38-28(2,3)4)26(36)33-22-15-20(23-24-25(30-16-29-23)31-17-34(24)5)14-21(32-22)13-12-19-10-8-7-9-11-19/h7-11,14-18H,1-6H3,(H,32,33,36). The number of hydrogen-bond acceptors (Lipinski definition) is 7. The number of likely N-dealkylation sites (N-methyl/N-ethyl adjacent to an activating group) is 1. The fourth-order valence-corrected chi connectivity index (χ4v) is 3.55. The summed E-state index contributed by atoms with van der Waals surface area (Å²) in [6, 6.07) is 12.2. The number of fused-ring (bicyclic) bond motifs is 1. The molecule has 0 saturated heterocycles. The molecule has 10 nitrogen and oxygen atoms in total. The Kier molecular flexibility index (Phi) is 7.39. The van der Waals surface area contributed by atoms with Crippen molar-refractivity contribution in [3.63, 3.8) is 0 Å². The van der Waals surface area contributed by atoms with E-state index in [1.807, 2.05) is 41.9 Å². The molecule has 1 aromatic carbocycles. The largest absolute Gasteiger partial charge is 0.444 e. The summed E-state index contributed by atoms with van der Waals surface area (Å²) in [4.78, 5) is 44.4. The number of hydrogen-bond donors (Lipinski definition) is 1. The molecule has 1 atom stereocenters. The normalized spacial score (nSPS) is 11.8. The topological polar surface area (TPSA) is 115 Å². The van der Waals surface area contributed by atoms with Crippen molar-refractivity contribution in [3.8, 4) is 23.1 Å². The first-order valence-corrected chi connectivity index (χ1v) is 12.0. The first kappa shape index (κ1) is 26.3. The summed E-state index contributed by atoms with van der Waals surface area (Å²) in [5, 5.41) is 2.81. The maximum absolute atomic E-state index is 13.1. The van der Waals surface area contributed by atoms with E-state index < -0.39 is 23.6 Å². The highest BCUT2D eigenvalue weighted by molar-refractivity contribution is 5.96. The number of carbonyl (C=O) groups excluding carboxylic acids is 2. The van der Waals surface area contributed by atoms with Crippen LogP contribution in [0, 0.1) is 11.8 Å². The number of pyridine rings is 1. The van der Waals surface area contributed by atoms with Crippen molar-refractivity contribution in [1.82, 2.24) is 29.4 Å². The number of nitrogens with one attached hydrogen (secondary N) is 1. The number of amides is 2. The van der Waals surface area contributed by atoms with E-state index in [0.29, 0.717) is 22.6 Å². The zero-order valence-corrected chi connectivity index (χ0v) is 22.2. The second-order valence-corrected chi connectivity index (χ2v) is 9.75. The molecule has 38 heavy (non-hydrogen) atoms. The van der Waals surface area contributed by atoms with Crippen LogP contribution in [0.5, 0.6) is 0 Å². The average molecular weight is 512 g/mol. The molecule has 194 valence electrons. The number of benzene rings is 1. The Hall–Kier alpha value is -4.78. The van der Waals surface area contributed by atoms with Crippen molar-refractivity contribution in [2.24, 2.45) is 7.05 Å². The number of ether oxygens (including phenoxy) is 1. The summed E-state index contributed by atoms with van der Waals surface area (Å²) in [7, 11) is 3.37. The van der Waals surface area contributed by atoms with Gasteiger partial charge in [-0.3, -0.25) is 9.69 Å². The predicted octanol–water partition coefficient (Wildman–Crippen LogP) is 4.02. The van der Waals surface area contributed by atoms with Crippen LogP contribution < -0.4 is 5.32 Å². The first-order chi connectivity index (χ1) is 18.0.